The third kappa shape index (κ3) is 3.74. The summed E-state index contributed by atoms with van der Waals surface area (Å²) in [4.78, 5) is 16.8. The first-order chi connectivity index (χ1) is 10.7. The van der Waals surface area contributed by atoms with E-state index in [0.717, 1.165) is 24.8 Å². The Bertz CT molecular complexity index is 676. The van der Waals surface area contributed by atoms with Gasteiger partial charge in [-0.2, -0.15) is 0 Å². The highest BCUT2D eigenvalue weighted by Crippen LogP contribution is 2.25. The second kappa shape index (κ2) is 7.76. The molecule has 3 heteroatoms. The zero-order valence-corrected chi connectivity index (χ0v) is 13.5. The van der Waals surface area contributed by atoms with Gasteiger partial charge in [0.05, 0.1) is 7.11 Å². The van der Waals surface area contributed by atoms with Crippen molar-refractivity contribution in [2.45, 2.75) is 26.2 Å². The van der Waals surface area contributed by atoms with Gasteiger partial charge in [-0.25, -0.2) is 5.06 Å². The molecule has 0 saturated carbocycles. The second-order valence-electron chi connectivity index (χ2n) is 5.31. The molecular formula is C19H23NO2. The molecule has 2 aromatic rings. The summed E-state index contributed by atoms with van der Waals surface area (Å²) in [6.07, 6.45) is 6.80. The monoisotopic (exact) mass is 297 g/mol. The summed E-state index contributed by atoms with van der Waals surface area (Å²) >= 11 is 0. The first-order valence-corrected chi connectivity index (χ1v) is 7.68. The highest BCUT2D eigenvalue weighted by Gasteiger charge is 2.07. The Kier molecular flexibility index (Phi) is 5.73. The largest absolute Gasteiger partial charge is 0.274 e. The molecule has 0 N–H and O–H groups in total. The lowest BCUT2D eigenvalue weighted by molar-refractivity contribution is -0.162. The molecule has 2 rings (SSSR count). The Morgan fingerprint density at radius 1 is 1.23 bits per heavy atom. The van der Waals surface area contributed by atoms with Crippen LogP contribution in [0.2, 0.25) is 0 Å². The van der Waals surface area contributed by atoms with E-state index in [1.54, 1.807) is 13.1 Å². The van der Waals surface area contributed by atoms with Crippen LogP contribution in [0.5, 0.6) is 0 Å². The Labute approximate surface area is 132 Å². The van der Waals surface area contributed by atoms with Crippen molar-refractivity contribution in [1.82, 2.24) is 5.06 Å². The van der Waals surface area contributed by atoms with E-state index in [1.165, 1.54) is 28.5 Å². The summed E-state index contributed by atoms with van der Waals surface area (Å²) in [6.45, 7) is 2.19. The van der Waals surface area contributed by atoms with E-state index in [-0.39, 0.29) is 5.91 Å². The Morgan fingerprint density at radius 2 is 2.00 bits per heavy atom. The molecule has 0 unspecified atom stereocenters. The van der Waals surface area contributed by atoms with Crippen LogP contribution in [-0.4, -0.2) is 25.1 Å². The number of hydrogen-bond donors (Lipinski definition) is 0. The van der Waals surface area contributed by atoms with Gasteiger partial charge in [-0.1, -0.05) is 49.7 Å². The lowest BCUT2D eigenvalue weighted by Gasteiger charge is -2.12. The highest BCUT2D eigenvalue weighted by atomic mass is 16.7. The van der Waals surface area contributed by atoms with Crippen molar-refractivity contribution in [3.63, 3.8) is 0 Å². The average molecular weight is 297 g/mol. The molecule has 0 spiro atoms. The number of hydrogen-bond acceptors (Lipinski definition) is 2. The number of rotatable bonds is 6. The van der Waals surface area contributed by atoms with Crippen LogP contribution in [0.1, 0.15) is 30.9 Å². The molecule has 0 heterocycles. The molecule has 1 amide bonds. The summed E-state index contributed by atoms with van der Waals surface area (Å²) in [5, 5.41) is 3.59. The fraction of sp³-hybridized carbons (Fsp3) is 0.316. The van der Waals surface area contributed by atoms with Gasteiger partial charge in [0.2, 0.25) is 0 Å². The number of aryl methyl sites for hydroxylation is 1. The van der Waals surface area contributed by atoms with Crippen LogP contribution in [0.3, 0.4) is 0 Å². The van der Waals surface area contributed by atoms with Crippen LogP contribution in [0.15, 0.2) is 42.5 Å². The van der Waals surface area contributed by atoms with E-state index in [0.29, 0.717) is 0 Å². The van der Waals surface area contributed by atoms with Crippen molar-refractivity contribution in [3.8, 4) is 0 Å². The van der Waals surface area contributed by atoms with Gasteiger partial charge in [0, 0.05) is 13.1 Å². The van der Waals surface area contributed by atoms with Crippen LogP contribution in [0, 0.1) is 0 Å². The fourth-order valence-corrected chi connectivity index (χ4v) is 2.47. The molecule has 0 aliphatic heterocycles. The minimum absolute atomic E-state index is 0.170. The summed E-state index contributed by atoms with van der Waals surface area (Å²) in [7, 11) is 3.09. The SMILES string of the molecule is CCCCc1ccc2ccccc2c1/C=C/C(=O)N(C)OC. The predicted molar refractivity (Wildman–Crippen MR) is 91.4 cm³/mol. The number of nitrogens with zero attached hydrogens (tertiary/aromatic N) is 1. The molecule has 0 aliphatic rings. The number of unbranched alkanes of at least 4 members (excludes halogenated alkanes) is 1. The summed E-state index contributed by atoms with van der Waals surface area (Å²) in [5.74, 6) is -0.170. The Morgan fingerprint density at radius 3 is 2.73 bits per heavy atom. The number of likely N-dealkylation sites (N-methyl/N-ethyl adjacent to an activating group) is 1. The molecular weight excluding hydrogens is 274 g/mol. The molecule has 22 heavy (non-hydrogen) atoms. The van der Waals surface area contributed by atoms with Crippen LogP contribution in [0.25, 0.3) is 16.8 Å². The number of hydroxylamine groups is 2. The smallest absolute Gasteiger partial charge is 0.269 e. The molecule has 3 nitrogen and oxygen atoms in total. The molecule has 0 radical (unpaired) electrons. The number of fused-ring (bicyclic) bond motifs is 1. The summed E-state index contributed by atoms with van der Waals surface area (Å²) < 4.78 is 0. The van der Waals surface area contributed by atoms with Crippen LogP contribution < -0.4 is 0 Å². The molecule has 0 bridgehead atoms. The Balaban J connectivity index is 2.43. The third-order valence-corrected chi connectivity index (χ3v) is 3.84. The quantitative estimate of drug-likeness (QED) is 0.590. The van der Waals surface area contributed by atoms with Crippen LogP contribution >= 0.6 is 0 Å². The standard InChI is InChI=1S/C19H23NO2/c1-4-5-8-15-11-12-16-9-6-7-10-17(16)18(15)13-14-19(21)20(2)22-3/h6-7,9-14H,4-5,8H2,1-3H3/b14-13+. The maximum Gasteiger partial charge on any atom is 0.269 e. The average Bonchev–Trinajstić information content (AvgIpc) is 2.57. The number of benzene rings is 2. The van der Waals surface area contributed by atoms with E-state index in [1.807, 2.05) is 18.2 Å². The van der Waals surface area contributed by atoms with Gasteiger partial charge in [0.1, 0.15) is 0 Å². The van der Waals surface area contributed by atoms with Gasteiger partial charge in [0.15, 0.2) is 0 Å². The van der Waals surface area contributed by atoms with Crippen molar-refractivity contribution in [3.05, 3.63) is 53.6 Å². The summed E-state index contributed by atoms with van der Waals surface area (Å²) in [5.41, 5.74) is 2.41. The van der Waals surface area contributed by atoms with Crippen molar-refractivity contribution in [1.29, 1.82) is 0 Å². The number of carbonyl (C=O) groups excluding carboxylic acids is 1. The lowest BCUT2D eigenvalue weighted by Crippen LogP contribution is -2.22. The van der Waals surface area contributed by atoms with E-state index in [4.69, 9.17) is 4.84 Å². The molecule has 116 valence electrons. The fourth-order valence-electron chi connectivity index (χ4n) is 2.47. The lowest BCUT2D eigenvalue weighted by atomic mass is 9.95. The van der Waals surface area contributed by atoms with E-state index in [2.05, 4.69) is 31.2 Å². The second-order valence-corrected chi connectivity index (χ2v) is 5.31. The molecule has 2 aromatic carbocycles. The maximum atomic E-state index is 11.9. The maximum absolute atomic E-state index is 11.9. The van der Waals surface area contributed by atoms with Gasteiger partial charge in [-0.15, -0.1) is 0 Å². The van der Waals surface area contributed by atoms with Gasteiger partial charge in [-0.05, 0) is 40.8 Å². The Hall–Kier alpha value is -2.13. The number of carbonyl (C=O) groups is 1. The topological polar surface area (TPSA) is 29.5 Å². The van der Waals surface area contributed by atoms with E-state index in [9.17, 15) is 4.79 Å². The van der Waals surface area contributed by atoms with Crippen molar-refractivity contribution in [2.24, 2.45) is 0 Å². The molecule has 0 aliphatic carbocycles. The van der Waals surface area contributed by atoms with Gasteiger partial charge < -0.3 is 0 Å². The normalized spacial score (nSPS) is 11.2. The van der Waals surface area contributed by atoms with Crippen molar-refractivity contribution >= 4 is 22.8 Å². The molecule has 0 fully saturated rings. The first-order valence-electron chi connectivity index (χ1n) is 7.68. The van der Waals surface area contributed by atoms with Crippen LogP contribution in [0.4, 0.5) is 0 Å². The number of amides is 1. The third-order valence-electron chi connectivity index (χ3n) is 3.84. The van der Waals surface area contributed by atoms with Crippen molar-refractivity contribution in [2.75, 3.05) is 14.2 Å². The minimum Gasteiger partial charge on any atom is -0.274 e. The van der Waals surface area contributed by atoms with Crippen molar-refractivity contribution < 1.29 is 9.63 Å². The zero-order chi connectivity index (χ0) is 15.9. The predicted octanol–water partition coefficient (Wildman–Crippen LogP) is 4.22. The molecule has 0 aromatic heterocycles. The van der Waals surface area contributed by atoms with E-state index < -0.39 is 0 Å². The van der Waals surface area contributed by atoms with Gasteiger partial charge in [-0.3, -0.25) is 9.63 Å². The highest BCUT2D eigenvalue weighted by molar-refractivity contribution is 5.97. The van der Waals surface area contributed by atoms with Gasteiger partial charge >= 0.3 is 0 Å². The van der Waals surface area contributed by atoms with Gasteiger partial charge in [0.25, 0.3) is 5.91 Å². The zero-order valence-electron chi connectivity index (χ0n) is 13.5. The molecule has 0 saturated heterocycles. The first kappa shape index (κ1) is 16.2. The van der Waals surface area contributed by atoms with E-state index >= 15 is 0 Å². The molecule has 0 atom stereocenters. The summed E-state index contributed by atoms with van der Waals surface area (Å²) in [6, 6.07) is 12.6. The van der Waals surface area contributed by atoms with Crippen LogP contribution in [-0.2, 0) is 16.1 Å². The minimum atomic E-state index is -0.170.